The summed E-state index contributed by atoms with van der Waals surface area (Å²) in [6.07, 6.45) is 2.74. The van der Waals surface area contributed by atoms with Crippen LogP contribution in [-0.4, -0.2) is 38.1 Å². The van der Waals surface area contributed by atoms with Crippen LogP contribution in [0.1, 0.15) is 31.4 Å². The van der Waals surface area contributed by atoms with E-state index in [1.165, 1.54) is 43.7 Å². The van der Waals surface area contributed by atoms with Crippen LogP contribution in [0.4, 0.5) is 5.69 Å². The van der Waals surface area contributed by atoms with Gasteiger partial charge < -0.3 is 15.5 Å². The molecule has 0 aromatic heterocycles. The van der Waals surface area contributed by atoms with Crippen LogP contribution in [0.3, 0.4) is 0 Å². The van der Waals surface area contributed by atoms with Crippen molar-refractivity contribution in [2.45, 2.75) is 25.8 Å². The van der Waals surface area contributed by atoms with Crippen molar-refractivity contribution in [1.82, 2.24) is 4.90 Å². The SMILES string of the molecule is CC(N)c1ccc(N(C)CCN2CCCC2)cc1. The van der Waals surface area contributed by atoms with Gasteiger partial charge in [-0.15, -0.1) is 0 Å². The lowest BCUT2D eigenvalue weighted by atomic mass is 10.1. The molecule has 1 aliphatic rings. The first-order valence-electron chi connectivity index (χ1n) is 6.96. The minimum absolute atomic E-state index is 0.119. The fourth-order valence-electron chi connectivity index (χ4n) is 2.46. The number of anilines is 1. The summed E-state index contributed by atoms with van der Waals surface area (Å²) in [5.74, 6) is 0. The Hall–Kier alpha value is -1.06. The summed E-state index contributed by atoms with van der Waals surface area (Å²) in [5, 5.41) is 0. The van der Waals surface area contributed by atoms with Crippen LogP contribution in [0.15, 0.2) is 24.3 Å². The Morgan fingerprint density at radius 1 is 1.22 bits per heavy atom. The summed E-state index contributed by atoms with van der Waals surface area (Å²) < 4.78 is 0. The quantitative estimate of drug-likeness (QED) is 0.866. The fraction of sp³-hybridized carbons (Fsp3) is 0.600. The van der Waals surface area contributed by atoms with Gasteiger partial charge in [0.2, 0.25) is 0 Å². The molecule has 0 radical (unpaired) electrons. The molecule has 3 nitrogen and oxygen atoms in total. The van der Waals surface area contributed by atoms with E-state index in [1.54, 1.807) is 0 Å². The molecule has 1 aromatic carbocycles. The molecule has 2 rings (SSSR count). The Labute approximate surface area is 111 Å². The molecule has 1 aromatic rings. The molecule has 0 saturated carbocycles. The van der Waals surface area contributed by atoms with Crippen LogP contribution in [0.2, 0.25) is 0 Å². The lowest BCUT2D eigenvalue weighted by molar-refractivity contribution is 0.346. The molecule has 0 aliphatic carbocycles. The first-order chi connectivity index (χ1) is 8.66. The van der Waals surface area contributed by atoms with Crippen molar-refractivity contribution in [3.63, 3.8) is 0 Å². The standard InChI is InChI=1S/C15H25N3/c1-13(16)14-5-7-15(8-6-14)17(2)11-12-18-9-3-4-10-18/h5-8,13H,3-4,9-12,16H2,1-2H3. The number of benzene rings is 1. The molecule has 3 heteroatoms. The normalized spacial score (nSPS) is 17.9. The van der Waals surface area contributed by atoms with Gasteiger partial charge in [-0.25, -0.2) is 0 Å². The van der Waals surface area contributed by atoms with E-state index in [0.717, 1.165) is 6.54 Å². The molecule has 0 bridgehead atoms. The summed E-state index contributed by atoms with van der Waals surface area (Å²) in [7, 11) is 2.16. The van der Waals surface area contributed by atoms with Crippen molar-refractivity contribution in [3.05, 3.63) is 29.8 Å². The van der Waals surface area contributed by atoms with E-state index >= 15 is 0 Å². The molecule has 1 unspecified atom stereocenters. The smallest absolute Gasteiger partial charge is 0.0364 e. The van der Waals surface area contributed by atoms with Crippen molar-refractivity contribution < 1.29 is 0 Å². The van der Waals surface area contributed by atoms with Gasteiger partial charge in [-0.1, -0.05) is 12.1 Å². The molecule has 1 heterocycles. The zero-order valence-corrected chi connectivity index (χ0v) is 11.6. The van der Waals surface area contributed by atoms with Gasteiger partial charge in [0.15, 0.2) is 0 Å². The maximum absolute atomic E-state index is 5.86. The molecule has 0 amide bonds. The van der Waals surface area contributed by atoms with Gasteiger partial charge in [-0.3, -0.25) is 0 Å². The summed E-state index contributed by atoms with van der Waals surface area (Å²) in [5.41, 5.74) is 8.34. The lowest BCUT2D eigenvalue weighted by Gasteiger charge is -2.23. The van der Waals surface area contributed by atoms with E-state index in [9.17, 15) is 0 Å². The summed E-state index contributed by atoms with van der Waals surface area (Å²) in [6.45, 7) is 6.84. The molecule has 100 valence electrons. The molecular weight excluding hydrogens is 222 g/mol. The number of hydrogen-bond acceptors (Lipinski definition) is 3. The Morgan fingerprint density at radius 2 is 1.83 bits per heavy atom. The molecule has 1 saturated heterocycles. The molecule has 0 spiro atoms. The number of likely N-dealkylation sites (tertiary alicyclic amines) is 1. The average Bonchev–Trinajstić information content (AvgIpc) is 2.89. The maximum atomic E-state index is 5.86. The van der Waals surface area contributed by atoms with Gasteiger partial charge in [0.1, 0.15) is 0 Å². The molecule has 1 fully saturated rings. The summed E-state index contributed by atoms with van der Waals surface area (Å²) in [6, 6.07) is 8.72. The highest BCUT2D eigenvalue weighted by Crippen LogP contribution is 2.17. The highest BCUT2D eigenvalue weighted by molar-refractivity contribution is 5.47. The van der Waals surface area contributed by atoms with Crippen molar-refractivity contribution in [1.29, 1.82) is 0 Å². The van der Waals surface area contributed by atoms with Gasteiger partial charge >= 0.3 is 0 Å². The molecule has 1 aliphatic heterocycles. The third-order valence-electron chi connectivity index (χ3n) is 3.81. The first kappa shape index (κ1) is 13.4. The van der Waals surface area contributed by atoms with Crippen molar-refractivity contribution in [2.24, 2.45) is 5.73 Å². The van der Waals surface area contributed by atoms with E-state index in [4.69, 9.17) is 5.73 Å². The Bertz CT molecular complexity index is 353. The summed E-state index contributed by atoms with van der Waals surface area (Å²) >= 11 is 0. The molecule has 2 N–H and O–H groups in total. The fourth-order valence-corrected chi connectivity index (χ4v) is 2.46. The minimum atomic E-state index is 0.119. The van der Waals surface area contributed by atoms with Gasteiger partial charge in [0, 0.05) is 31.9 Å². The number of rotatable bonds is 5. The molecule has 18 heavy (non-hydrogen) atoms. The second kappa shape index (κ2) is 6.21. The first-order valence-corrected chi connectivity index (χ1v) is 6.96. The summed E-state index contributed by atoms with van der Waals surface area (Å²) in [4.78, 5) is 4.87. The maximum Gasteiger partial charge on any atom is 0.0364 e. The predicted molar refractivity (Wildman–Crippen MR) is 78.0 cm³/mol. The van der Waals surface area contributed by atoms with E-state index in [0.29, 0.717) is 0 Å². The highest BCUT2D eigenvalue weighted by atomic mass is 15.2. The number of hydrogen-bond donors (Lipinski definition) is 1. The van der Waals surface area contributed by atoms with Crippen molar-refractivity contribution in [3.8, 4) is 0 Å². The predicted octanol–water partition coefficient (Wildman–Crippen LogP) is 2.24. The number of nitrogens with zero attached hydrogens (tertiary/aromatic N) is 2. The highest BCUT2D eigenvalue weighted by Gasteiger charge is 2.11. The van der Waals surface area contributed by atoms with E-state index < -0.39 is 0 Å². The van der Waals surface area contributed by atoms with Crippen molar-refractivity contribution in [2.75, 3.05) is 38.1 Å². The van der Waals surface area contributed by atoms with Crippen LogP contribution in [0, 0.1) is 0 Å². The van der Waals surface area contributed by atoms with Crippen LogP contribution in [-0.2, 0) is 0 Å². The second-order valence-corrected chi connectivity index (χ2v) is 5.35. The number of nitrogens with two attached hydrogens (primary N) is 1. The second-order valence-electron chi connectivity index (χ2n) is 5.35. The van der Waals surface area contributed by atoms with Crippen LogP contribution >= 0.6 is 0 Å². The monoisotopic (exact) mass is 247 g/mol. The molecular formula is C15H25N3. The van der Waals surface area contributed by atoms with E-state index in [-0.39, 0.29) is 6.04 Å². The van der Waals surface area contributed by atoms with Gasteiger partial charge in [0.25, 0.3) is 0 Å². The Morgan fingerprint density at radius 3 is 2.39 bits per heavy atom. The van der Waals surface area contributed by atoms with Gasteiger partial charge in [-0.05, 0) is 50.6 Å². The Balaban J connectivity index is 1.85. The zero-order chi connectivity index (χ0) is 13.0. The lowest BCUT2D eigenvalue weighted by Crippen LogP contribution is -2.31. The van der Waals surface area contributed by atoms with Crippen LogP contribution < -0.4 is 10.6 Å². The van der Waals surface area contributed by atoms with E-state index in [1.807, 2.05) is 6.92 Å². The third-order valence-corrected chi connectivity index (χ3v) is 3.81. The van der Waals surface area contributed by atoms with Crippen LogP contribution in [0.25, 0.3) is 0 Å². The molecule has 1 atom stereocenters. The van der Waals surface area contributed by atoms with Crippen molar-refractivity contribution >= 4 is 5.69 Å². The zero-order valence-electron chi connectivity index (χ0n) is 11.6. The third kappa shape index (κ3) is 3.47. The Kier molecular flexibility index (Phi) is 4.61. The minimum Gasteiger partial charge on any atom is -0.373 e. The van der Waals surface area contributed by atoms with Gasteiger partial charge in [-0.2, -0.15) is 0 Å². The van der Waals surface area contributed by atoms with Gasteiger partial charge in [0.05, 0.1) is 0 Å². The topological polar surface area (TPSA) is 32.5 Å². The van der Waals surface area contributed by atoms with Crippen LogP contribution in [0.5, 0.6) is 0 Å². The number of likely N-dealkylation sites (N-methyl/N-ethyl adjacent to an activating group) is 1. The average molecular weight is 247 g/mol. The van der Waals surface area contributed by atoms with E-state index in [2.05, 4.69) is 41.1 Å². The largest absolute Gasteiger partial charge is 0.373 e.